The molecular formula is C22H39N3O4S. The predicted molar refractivity (Wildman–Crippen MR) is 124 cm³/mol. The lowest BCUT2D eigenvalue weighted by molar-refractivity contribution is 0.154. The van der Waals surface area contributed by atoms with Crippen LogP contribution in [0.4, 0.5) is 0 Å². The monoisotopic (exact) mass is 441 g/mol. The molecule has 0 atom stereocenters. The summed E-state index contributed by atoms with van der Waals surface area (Å²) in [4.78, 5) is 4.65. The van der Waals surface area contributed by atoms with Crippen molar-refractivity contribution in [3.8, 4) is 5.75 Å². The van der Waals surface area contributed by atoms with Crippen molar-refractivity contribution in [2.45, 2.75) is 53.0 Å². The summed E-state index contributed by atoms with van der Waals surface area (Å²) < 4.78 is 33.6. The number of aryl methyl sites for hydroxylation is 1. The van der Waals surface area contributed by atoms with E-state index in [0.29, 0.717) is 25.7 Å². The number of sulfone groups is 1. The Bertz CT molecular complexity index is 736. The average molecular weight is 442 g/mol. The van der Waals surface area contributed by atoms with Gasteiger partial charge in [-0.15, -0.1) is 0 Å². The van der Waals surface area contributed by atoms with Crippen molar-refractivity contribution >= 4 is 15.8 Å². The first kappa shape index (κ1) is 26.2. The summed E-state index contributed by atoms with van der Waals surface area (Å²) in [5.41, 5.74) is 2.22. The molecule has 0 radical (unpaired) electrons. The molecule has 1 rings (SSSR count). The van der Waals surface area contributed by atoms with E-state index in [1.54, 1.807) is 0 Å². The predicted octanol–water partition coefficient (Wildman–Crippen LogP) is 3.07. The molecule has 0 unspecified atom stereocenters. The zero-order valence-corrected chi connectivity index (χ0v) is 19.8. The van der Waals surface area contributed by atoms with Crippen molar-refractivity contribution in [2.75, 3.05) is 44.9 Å². The molecule has 0 amide bonds. The van der Waals surface area contributed by atoms with Crippen molar-refractivity contribution in [2.24, 2.45) is 4.99 Å². The van der Waals surface area contributed by atoms with Crippen molar-refractivity contribution in [1.29, 1.82) is 0 Å². The van der Waals surface area contributed by atoms with Gasteiger partial charge in [0.25, 0.3) is 0 Å². The lowest BCUT2D eigenvalue weighted by Crippen LogP contribution is -2.39. The topological polar surface area (TPSA) is 89.0 Å². The van der Waals surface area contributed by atoms with Gasteiger partial charge in [-0.2, -0.15) is 0 Å². The largest absolute Gasteiger partial charge is 0.493 e. The number of benzene rings is 1. The van der Waals surface area contributed by atoms with Gasteiger partial charge in [0.05, 0.1) is 32.1 Å². The summed E-state index contributed by atoms with van der Waals surface area (Å²) in [6, 6.07) is 6.21. The second kappa shape index (κ2) is 15.1. The zero-order valence-electron chi connectivity index (χ0n) is 19.0. The Labute approximate surface area is 182 Å². The molecule has 7 nitrogen and oxygen atoms in total. The molecule has 0 aliphatic heterocycles. The Morgan fingerprint density at radius 2 is 1.87 bits per heavy atom. The first-order chi connectivity index (χ1) is 14.4. The Kier molecular flexibility index (Phi) is 13.2. The molecule has 30 heavy (non-hydrogen) atoms. The maximum Gasteiger partial charge on any atom is 0.191 e. The van der Waals surface area contributed by atoms with Gasteiger partial charge in [0, 0.05) is 24.9 Å². The van der Waals surface area contributed by atoms with Crippen LogP contribution in [0, 0.1) is 6.92 Å². The maximum absolute atomic E-state index is 11.1. The van der Waals surface area contributed by atoms with Crippen LogP contribution in [0.5, 0.6) is 5.75 Å². The van der Waals surface area contributed by atoms with Crippen LogP contribution in [0.25, 0.3) is 0 Å². The first-order valence-corrected chi connectivity index (χ1v) is 12.9. The number of unbranched alkanes of at least 4 members (excludes halogenated alkanes) is 3. The molecule has 0 saturated carbocycles. The number of nitrogens with one attached hydrogen (secondary N) is 2. The second-order valence-electron chi connectivity index (χ2n) is 7.38. The molecule has 8 heteroatoms. The van der Waals surface area contributed by atoms with E-state index in [0.717, 1.165) is 30.9 Å². The van der Waals surface area contributed by atoms with Crippen LogP contribution in [0.2, 0.25) is 0 Å². The quantitative estimate of drug-likeness (QED) is 0.247. The Balaban J connectivity index is 2.55. The fourth-order valence-electron chi connectivity index (χ4n) is 2.70. The average Bonchev–Trinajstić information content (AvgIpc) is 2.68. The van der Waals surface area contributed by atoms with Gasteiger partial charge in [0.15, 0.2) is 5.96 Å². The summed E-state index contributed by atoms with van der Waals surface area (Å²) >= 11 is 0. The summed E-state index contributed by atoms with van der Waals surface area (Å²) in [5.74, 6) is 1.63. The van der Waals surface area contributed by atoms with E-state index in [-0.39, 0.29) is 12.4 Å². The first-order valence-electron chi connectivity index (χ1n) is 10.9. The number of hydrogen-bond acceptors (Lipinski definition) is 5. The van der Waals surface area contributed by atoms with Gasteiger partial charge in [0.2, 0.25) is 0 Å². The zero-order chi connectivity index (χ0) is 22.2. The lowest BCUT2D eigenvalue weighted by atomic mass is 10.1. The Morgan fingerprint density at radius 1 is 1.07 bits per heavy atom. The van der Waals surface area contributed by atoms with Crippen LogP contribution in [-0.4, -0.2) is 59.3 Å². The molecule has 0 aliphatic rings. The summed E-state index contributed by atoms with van der Waals surface area (Å²) in [7, 11) is -2.99. The minimum Gasteiger partial charge on any atom is -0.493 e. The highest BCUT2D eigenvalue weighted by Crippen LogP contribution is 2.21. The van der Waals surface area contributed by atoms with Crippen LogP contribution in [0.15, 0.2) is 23.2 Å². The number of aliphatic imine (C=N–C) groups is 1. The molecule has 0 bridgehead atoms. The van der Waals surface area contributed by atoms with Crippen molar-refractivity contribution in [3.05, 3.63) is 29.3 Å². The van der Waals surface area contributed by atoms with Gasteiger partial charge in [-0.05, 0) is 31.9 Å². The van der Waals surface area contributed by atoms with Gasteiger partial charge in [0.1, 0.15) is 15.6 Å². The standard InChI is InChI=1S/C22H39N3O4S/c1-5-7-8-9-13-29-21-17-19(3)10-11-20(21)18-25-22(23-6-2)24-12-14-28-15-16-30(4,26)27/h10-11,17H,5-9,12-16,18H2,1-4H3,(H2,23,24,25). The van der Waals surface area contributed by atoms with E-state index in [4.69, 9.17) is 9.47 Å². The number of hydrogen-bond donors (Lipinski definition) is 2. The minimum absolute atomic E-state index is 0.0375. The van der Waals surface area contributed by atoms with E-state index < -0.39 is 9.84 Å². The SMILES string of the molecule is CCCCCCOc1cc(C)ccc1CN=C(NCC)NCCOCCS(C)(=O)=O. The number of rotatable bonds is 15. The maximum atomic E-state index is 11.1. The molecule has 0 spiro atoms. The number of guanidine groups is 1. The van der Waals surface area contributed by atoms with Crippen LogP contribution in [0.1, 0.15) is 50.7 Å². The van der Waals surface area contributed by atoms with E-state index in [1.807, 2.05) is 6.92 Å². The fraction of sp³-hybridized carbons (Fsp3) is 0.682. The van der Waals surface area contributed by atoms with Gasteiger partial charge >= 0.3 is 0 Å². The Morgan fingerprint density at radius 3 is 2.57 bits per heavy atom. The Hall–Kier alpha value is -1.80. The summed E-state index contributed by atoms with van der Waals surface area (Å²) in [6.07, 6.45) is 5.92. The minimum atomic E-state index is -2.99. The summed E-state index contributed by atoms with van der Waals surface area (Å²) in [6.45, 7) is 9.42. The molecule has 0 heterocycles. The van der Waals surface area contributed by atoms with Crippen LogP contribution < -0.4 is 15.4 Å². The molecule has 0 fully saturated rings. The molecule has 0 aliphatic carbocycles. The third kappa shape index (κ3) is 12.7. The third-order valence-corrected chi connectivity index (χ3v) is 5.28. The van der Waals surface area contributed by atoms with Crippen LogP contribution in [-0.2, 0) is 21.1 Å². The highest BCUT2D eigenvalue weighted by Gasteiger charge is 2.06. The van der Waals surface area contributed by atoms with Crippen LogP contribution in [0.3, 0.4) is 0 Å². The van der Waals surface area contributed by atoms with Crippen molar-refractivity contribution in [1.82, 2.24) is 10.6 Å². The van der Waals surface area contributed by atoms with E-state index in [1.165, 1.54) is 31.1 Å². The molecule has 1 aromatic rings. The van der Waals surface area contributed by atoms with E-state index in [9.17, 15) is 8.42 Å². The normalized spacial score (nSPS) is 12.1. The highest BCUT2D eigenvalue weighted by atomic mass is 32.2. The number of ether oxygens (including phenoxy) is 2. The van der Waals surface area contributed by atoms with Crippen molar-refractivity contribution in [3.63, 3.8) is 0 Å². The smallest absolute Gasteiger partial charge is 0.191 e. The van der Waals surface area contributed by atoms with E-state index in [2.05, 4.69) is 47.7 Å². The molecule has 0 aromatic heterocycles. The molecule has 1 aromatic carbocycles. The third-order valence-electron chi connectivity index (χ3n) is 4.37. The fourth-order valence-corrected chi connectivity index (χ4v) is 3.12. The van der Waals surface area contributed by atoms with Gasteiger partial charge in [-0.3, -0.25) is 0 Å². The molecule has 2 N–H and O–H groups in total. The molecule has 172 valence electrons. The number of nitrogens with zero attached hydrogens (tertiary/aromatic N) is 1. The molecule has 0 saturated heterocycles. The lowest BCUT2D eigenvalue weighted by Gasteiger charge is -2.14. The van der Waals surface area contributed by atoms with Gasteiger partial charge < -0.3 is 20.1 Å². The van der Waals surface area contributed by atoms with Gasteiger partial charge in [-0.25, -0.2) is 13.4 Å². The summed E-state index contributed by atoms with van der Waals surface area (Å²) in [5, 5.41) is 6.42. The molecular weight excluding hydrogens is 402 g/mol. The second-order valence-corrected chi connectivity index (χ2v) is 9.64. The van der Waals surface area contributed by atoms with Crippen LogP contribution >= 0.6 is 0 Å². The van der Waals surface area contributed by atoms with E-state index >= 15 is 0 Å². The highest BCUT2D eigenvalue weighted by molar-refractivity contribution is 7.90. The van der Waals surface area contributed by atoms with Crippen molar-refractivity contribution < 1.29 is 17.9 Å². The van der Waals surface area contributed by atoms with Gasteiger partial charge in [-0.1, -0.05) is 38.3 Å².